The molecule has 0 spiro atoms. The first kappa shape index (κ1) is 22.0. The topological polar surface area (TPSA) is 98.2 Å². The van der Waals surface area contributed by atoms with E-state index in [0.717, 1.165) is 16.2 Å². The first-order valence-corrected chi connectivity index (χ1v) is 11.4. The zero-order valence-electron chi connectivity index (χ0n) is 18.3. The normalized spacial score (nSPS) is 19.8. The summed E-state index contributed by atoms with van der Waals surface area (Å²) in [5.74, 6) is 1.39. The lowest BCUT2D eigenvalue weighted by Gasteiger charge is -2.37. The Balaban J connectivity index is 1.82. The van der Waals surface area contributed by atoms with Crippen molar-refractivity contribution in [1.29, 1.82) is 5.26 Å². The SMILES string of the molecule is COc1ccc([C@@H]2C(C#N)=C(N)OC3=C2C(=O)CC(C)(C)C3)c(CSc2ccccn2)c1. The molecule has 0 saturated carbocycles. The van der Waals surface area contributed by atoms with Gasteiger partial charge in [-0.3, -0.25) is 4.79 Å². The van der Waals surface area contributed by atoms with Crippen molar-refractivity contribution in [3.63, 3.8) is 0 Å². The van der Waals surface area contributed by atoms with Gasteiger partial charge in [-0.1, -0.05) is 26.0 Å². The number of methoxy groups -OCH3 is 1. The molecular formula is C25H25N3O3S. The fourth-order valence-corrected chi connectivity index (χ4v) is 5.16. The highest BCUT2D eigenvalue weighted by molar-refractivity contribution is 7.98. The number of carbonyl (C=O) groups is 1. The molecule has 2 heterocycles. The van der Waals surface area contributed by atoms with E-state index >= 15 is 0 Å². The number of thioether (sulfide) groups is 1. The number of Topliss-reactive ketones (excluding diaryl/α,β-unsaturated/α-hetero) is 1. The monoisotopic (exact) mass is 447 g/mol. The maximum absolute atomic E-state index is 13.3. The number of carbonyl (C=O) groups excluding carboxylic acids is 1. The average Bonchev–Trinajstić information content (AvgIpc) is 2.76. The largest absolute Gasteiger partial charge is 0.497 e. The highest BCUT2D eigenvalue weighted by atomic mass is 32.2. The number of pyridine rings is 1. The van der Waals surface area contributed by atoms with E-state index in [9.17, 15) is 10.1 Å². The Morgan fingerprint density at radius 1 is 1.31 bits per heavy atom. The van der Waals surface area contributed by atoms with E-state index in [1.54, 1.807) is 25.1 Å². The van der Waals surface area contributed by atoms with Gasteiger partial charge in [0.15, 0.2) is 5.78 Å². The Kier molecular flexibility index (Phi) is 5.98. The molecule has 1 aliphatic carbocycles. The Morgan fingerprint density at radius 3 is 2.81 bits per heavy atom. The molecule has 0 amide bonds. The molecule has 6 nitrogen and oxygen atoms in total. The molecule has 2 aliphatic rings. The molecule has 1 aliphatic heterocycles. The van der Waals surface area contributed by atoms with Crippen LogP contribution >= 0.6 is 11.8 Å². The predicted octanol–water partition coefficient (Wildman–Crippen LogP) is 4.83. The van der Waals surface area contributed by atoms with Gasteiger partial charge in [-0.05, 0) is 40.8 Å². The van der Waals surface area contributed by atoms with Crippen LogP contribution in [0.1, 0.15) is 43.7 Å². The lowest BCUT2D eigenvalue weighted by molar-refractivity contribution is -0.119. The molecule has 4 rings (SSSR count). The van der Waals surface area contributed by atoms with E-state index < -0.39 is 5.92 Å². The van der Waals surface area contributed by atoms with Crippen molar-refractivity contribution < 1.29 is 14.3 Å². The van der Waals surface area contributed by atoms with Gasteiger partial charge in [0, 0.05) is 30.4 Å². The minimum absolute atomic E-state index is 0.000599. The van der Waals surface area contributed by atoms with Crippen LogP contribution in [0.4, 0.5) is 0 Å². The Bertz CT molecular complexity index is 1160. The van der Waals surface area contributed by atoms with Crippen molar-refractivity contribution in [2.24, 2.45) is 11.1 Å². The number of ether oxygens (including phenoxy) is 2. The van der Waals surface area contributed by atoms with Crippen LogP contribution in [0, 0.1) is 16.7 Å². The van der Waals surface area contributed by atoms with Gasteiger partial charge in [0.1, 0.15) is 23.2 Å². The molecule has 2 N–H and O–H groups in total. The van der Waals surface area contributed by atoms with Crippen LogP contribution in [-0.4, -0.2) is 17.9 Å². The summed E-state index contributed by atoms with van der Waals surface area (Å²) in [6.45, 7) is 4.07. The van der Waals surface area contributed by atoms with Crippen molar-refractivity contribution in [2.45, 2.75) is 43.4 Å². The molecule has 0 radical (unpaired) electrons. The third-order valence-electron chi connectivity index (χ3n) is 5.75. The molecule has 0 saturated heterocycles. The van der Waals surface area contributed by atoms with Crippen LogP contribution in [0.25, 0.3) is 0 Å². The fraction of sp³-hybridized carbons (Fsp3) is 0.320. The van der Waals surface area contributed by atoms with Crippen LogP contribution in [0.5, 0.6) is 5.75 Å². The van der Waals surface area contributed by atoms with Gasteiger partial charge in [-0.15, -0.1) is 11.8 Å². The first-order valence-electron chi connectivity index (χ1n) is 10.4. The maximum atomic E-state index is 13.3. The summed E-state index contributed by atoms with van der Waals surface area (Å²) < 4.78 is 11.3. The van der Waals surface area contributed by atoms with E-state index in [1.807, 2.05) is 50.2 Å². The average molecular weight is 448 g/mol. The van der Waals surface area contributed by atoms with Gasteiger partial charge < -0.3 is 15.2 Å². The van der Waals surface area contributed by atoms with Crippen LogP contribution < -0.4 is 10.5 Å². The van der Waals surface area contributed by atoms with Crippen LogP contribution in [-0.2, 0) is 15.3 Å². The highest BCUT2D eigenvalue weighted by Crippen LogP contribution is 2.49. The van der Waals surface area contributed by atoms with Crippen molar-refractivity contribution in [1.82, 2.24) is 4.98 Å². The van der Waals surface area contributed by atoms with E-state index in [0.29, 0.717) is 35.7 Å². The maximum Gasteiger partial charge on any atom is 0.205 e. The number of hydrogen-bond acceptors (Lipinski definition) is 7. The van der Waals surface area contributed by atoms with E-state index in [-0.39, 0.29) is 22.7 Å². The quantitative estimate of drug-likeness (QED) is 0.655. The van der Waals surface area contributed by atoms with Crippen LogP contribution in [0.15, 0.2) is 70.4 Å². The molecule has 2 aromatic rings. The predicted molar refractivity (Wildman–Crippen MR) is 122 cm³/mol. The summed E-state index contributed by atoms with van der Waals surface area (Å²) in [5.41, 5.74) is 8.59. The van der Waals surface area contributed by atoms with Crippen molar-refractivity contribution >= 4 is 17.5 Å². The van der Waals surface area contributed by atoms with Crippen LogP contribution in [0.3, 0.4) is 0 Å². The van der Waals surface area contributed by atoms with E-state index in [4.69, 9.17) is 15.2 Å². The van der Waals surface area contributed by atoms with Gasteiger partial charge in [0.25, 0.3) is 0 Å². The molecule has 1 aromatic heterocycles. The second-order valence-corrected chi connectivity index (χ2v) is 9.72. The second kappa shape index (κ2) is 8.71. The van der Waals surface area contributed by atoms with E-state index in [2.05, 4.69) is 11.1 Å². The third-order valence-corrected chi connectivity index (χ3v) is 6.74. The summed E-state index contributed by atoms with van der Waals surface area (Å²) >= 11 is 1.58. The molecule has 0 bridgehead atoms. The number of allylic oxidation sites excluding steroid dienone is 3. The summed E-state index contributed by atoms with van der Waals surface area (Å²) in [7, 11) is 1.62. The summed E-state index contributed by atoms with van der Waals surface area (Å²) in [6.07, 6.45) is 2.75. The number of nitriles is 1. The molecule has 0 fully saturated rings. The Hall–Kier alpha value is -3.24. The third kappa shape index (κ3) is 4.23. The lowest BCUT2D eigenvalue weighted by atomic mass is 9.70. The second-order valence-electron chi connectivity index (χ2n) is 8.72. The smallest absolute Gasteiger partial charge is 0.205 e. The van der Waals surface area contributed by atoms with Gasteiger partial charge in [0.05, 0.1) is 18.1 Å². The van der Waals surface area contributed by atoms with Crippen molar-refractivity contribution in [3.8, 4) is 11.8 Å². The Labute approximate surface area is 192 Å². The highest BCUT2D eigenvalue weighted by Gasteiger charge is 2.43. The molecule has 32 heavy (non-hydrogen) atoms. The lowest BCUT2D eigenvalue weighted by Crippen LogP contribution is -2.33. The van der Waals surface area contributed by atoms with Crippen molar-refractivity contribution in [2.75, 3.05) is 7.11 Å². The number of hydrogen-bond donors (Lipinski definition) is 1. The minimum atomic E-state index is -0.558. The molecule has 1 aromatic carbocycles. The molecule has 0 unspecified atom stereocenters. The number of benzene rings is 1. The number of rotatable bonds is 5. The first-order chi connectivity index (χ1) is 15.3. The standard InChI is InChI=1S/C25H25N3O3S/c1-25(2)11-19(29)23-20(12-25)31-24(27)18(13-26)22(23)17-8-7-16(30-3)10-15(17)14-32-21-6-4-5-9-28-21/h4-10,22H,11-12,14,27H2,1-3H3/t22-/m1/s1. The fourth-order valence-electron chi connectivity index (χ4n) is 4.30. The molecule has 1 atom stereocenters. The minimum Gasteiger partial charge on any atom is -0.497 e. The number of nitrogens with two attached hydrogens (primary N) is 1. The zero-order chi connectivity index (χ0) is 22.9. The van der Waals surface area contributed by atoms with Crippen molar-refractivity contribution in [3.05, 3.63) is 76.5 Å². The summed E-state index contributed by atoms with van der Waals surface area (Å²) in [5, 5.41) is 10.8. The van der Waals surface area contributed by atoms with Gasteiger partial charge >= 0.3 is 0 Å². The summed E-state index contributed by atoms with van der Waals surface area (Å²) in [4.78, 5) is 17.6. The number of ketones is 1. The number of nitrogens with zero attached hydrogens (tertiary/aromatic N) is 2. The van der Waals surface area contributed by atoms with E-state index in [1.165, 1.54) is 0 Å². The van der Waals surface area contributed by atoms with Gasteiger partial charge in [0.2, 0.25) is 5.88 Å². The molecule has 164 valence electrons. The zero-order valence-corrected chi connectivity index (χ0v) is 19.2. The molecule has 7 heteroatoms. The number of aromatic nitrogens is 1. The Morgan fingerprint density at radius 2 is 2.12 bits per heavy atom. The van der Waals surface area contributed by atoms with Gasteiger partial charge in [-0.2, -0.15) is 5.26 Å². The summed E-state index contributed by atoms with van der Waals surface area (Å²) in [6, 6.07) is 13.7. The van der Waals surface area contributed by atoms with Gasteiger partial charge in [-0.25, -0.2) is 4.98 Å². The van der Waals surface area contributed by atoms with Crippen LogP contribution in [0.2, 0.25) is 0 Å². The molecular weight excluding hydrogens is 422 g/mol.